The largest absolute Gasteiger partial charge is 0.487 e. The Morgan fingerprint density at radius 3 is 2.38 bits per heavy atom. The van der Waals surface area contributed by atoms with Crippen LogP contribution in [-0.4, -0.2) is 71.6 Å². The van der Waals surface area contributed by atoms with Crippen molar-refractivity contribution in [3.8, 4) is 5.75 Å². The molecule has 0 aromatic heterocycles. The lowest BCUT2D eigenvalue weighted by atomic mass is 9.99. The second-order valence-electron chi connectivity index (χ2n) is 10.5. The standard InChI is InChI=1S/C28H33F3N4O5/c1-16-13-35(17(2)15-36)26(38)22-12-21(32-25(37)18-4-5-18)10-11-23(22)40-24(16)14-34(3)27(39)33-20-8-6-19(7-9-20)28(29,30)31/h6-12,16-18,24,36H,4-5,13-15H2,1-3H3,(H,32,37)(H,33,39)/t16-,17+,24-/m0/s1. The maximum absolute atomic E-state index is 13.5. The number of nitrogens with one attached hydrogen (secondary N) is 2. The molecule has 1 aliphatic heterocycles. The minimum atomic E-state index is -4.48. The molecule has 4 amide bonds. The quantitative estimate of drug-likeness (QED) is 0.462. The summed E-state index contributed by atoms with van der Waals surface area (Å²) in [4.78, 5) is 41.6. The third-order valence-corrected chi connectivity index (χ3v) is 7.14. The van der Waals surface area contributed by atoms with Gasteiger partial charge in [0.15, 0.2) is 0 Å². The third kappa shape index (κ3) is 6.85. The maximum atomic E-state index is 13.5. The Bertz CT molecular complexity index is 1250. The molecular weight excluding hydrogens is 529 g/mol. The van der Waals surface area contributed by atoms with Crippen molar-refractivity contribution in [3.63, 3.8) is 0 Å². The van der Waals surface area contributed by atoms with Crippen molar-refractivity contribution in [2.75, 3.05) is 37.4 Å². The van der Waals surface area contributed by atoms with Gasteiger partial charge in [-0.15, -0.1) is 0 Å². The van der Waals surface area contributed by atoms with Gasteiger partial charge >= 0.3 is 12.2 Å². The minimum Gasteiger partial charge on any atom is -0.487 e. The first-order valence-corrected chi connectivity index (χ1v) is 13.1. The summed E-state index contributed by atoms with van der Waals surface area (Å²) in [6, 6.07) is 7.91. The number of fused-ring (bicyclic) bond motifs is 1. The molecule has 0 saturated heterocycles. The summed E-state index contributed by atoms with van der Waals surface area (Å²) in [5.41, 5.74) is 0.0712. The van der Waals surface area contributed by atoms with Crippen molar-refractivity contribution in [2.24, 2.45) is 11.8 Å². The van der Waals surface area contributed by atoms with Gasteiger partial charge in [-0.25, -0.2) is 4.79 Å². The van der Waals surface area contributed by atoms with Gasteiger partial charge in [-0.2, -0.15) is 13.2 Å². The molecule has 2 aromatic carbocycles. The lowest BCUT2D eigenvalue weighted by Crippen LogP contribution is -2.50. The number of amides is 4. The zero-order valence-corrected chi connectivity index (χ0v) is 22.5. The summed E-state index contributed by atoms with van der Waals surface area (Å²) < 4.78 is 44.8. The molecule has 0 unspecified atom stereocenters. The van der Waals surface area contributed by atoms with E-state index in [0.29, 0.717) is 5.69 Å². The Labute approximate surface area is 230 Å². The number of nitrogens with zero attached hydrogens (tertiary/aromatic N) is 2. The Kier molecular flexibility index (Phi) is 8.57. The van der Waals surface area contributed by atoms with Crippen LogP contribution in [0.4, 0.5) is 29.3 Å². The molecule has 216 valence electrons. The van der Waals surface area contributed by atoms with E-state index in [0.717, 1.165) is 25.0 Å². The van der Waals surface area contributed by atoms with E-state index >= 15 is 0 Å². The van der Waals surface area contributed by atoms with E-state index in [-0.39, 0.29) is 60.3 Å². The van der Waals surface area contributed by atoms with Gasteiger partial charge in [0.25, 0.3) is 5.91 Å². The first kappa shape index (κ1) is 29.2. The first-order chi connectivity index (χ1) is 18.9. The number of alkyl halides is 3. The highest BCUT2D eigenvalue weighted by Gasteiger charge is 2.35. The molecule has 1 heterocycles. The number of halogens is 3. The van der Waals surface area contributed by atoms with Crippen molar-refractivity contribution >= 4 is 29.2 Å². The number of rotatable bonds is 7. The molecule has 1 saturated carbocycles. The van der Waals surface area contributed by atoms with Gasteiger partial charge in [-0.05, 0) is 62.2 Å². The number of likely N-dealkylation sites (N-methyl/N-ethyl adjacent to an activating group) is 1. The zero-order chi connectivity index (χ0) is 29.2. The van der Waals surface area contributed by atoms with Crippen molar-refractivity contribution in [2.45, 2.75) is 45.0 Å². The Morgan fingerprint density at radius 1 is 1.12 bits per heavy atom. The third-order valence-electron chi connectivity index (χ3n) is 7.14. The number of hydrogen-bond donors (Lipinski definition) is 3. The maximum Gasteiger partial charge on any atom is 0.416 e. The smallest absolute Gasteiger partial charge is 0.416 e. The monoisotopic (exact) mass is 562 g/mol. The van der Waals surface area contributed by atoms with Crippen LogP contribution in [0, 0.1) is 11.8 Å². The van der Waals surface area contributed by atoms with E-state index in [9.17, 15) is 32.7 Å². The van der Waals surface area contributed by atoms with E-state index in [1.165, 1.54) is 24.1 Å². The molecule has 12 heteroatoms. The highest BCUT2D eigenvalue weighted by atomic mass is 19.4. The number of aliphatic hydroxyl groups excluding tert-OH is 1. The zero-order valence-electron chi connectivity index (χ0n) is 22.5. The normalized spacial score (nSPS) is 20.0. The first-order valence-electron chi connectivity index (χ1n) is 13.1. The van der Waals surface area contributed by atoms with Crippen molar-refractivity contribution in [1.82, 2.24) is 9.80 Å². The molecular formula is C28H33F3N4O5. The molecule has 4 rings (SSSR count). The molecule has 3 atom stereocenters. The van der Waals surface area contributed by atoms with E-state index in [4.69, 9.17) is 4.74 Å². The number of hydrogen-bond acceptors (Lipinski definition) is 5. The van der Waals surface area contributed by atoms with Gasteiger partial charge in [-0.3, -0.25) is 9.59 Å². The summed E-state index contributed by atoms with van der Waals surface area (Å²) in [7, 11) is 1.53. The molecule has 9 nitrogen and oxygen atoms in total. The highest BCUT2D eigenvalue weighted by molar-refractivity contribution is 6.00. The lowest BCUT2D eigenvalue weighted by molar-refractivity contribution is -0.137. The Hall–Kier alpha value is -3.80. The highest BCUT2D eigenvalue weighted by Crippen LogP contribution is 2.33. The van der Waals surface area contributed by atoms with Crippen molar-refractivity contribution in [3.05, 3.63) is 53.6 Å². The average molecular weight is 563 g/mol. The van der Waals surface area contributed by atoms with E-state index in [2.05, 4.69) is 10.6 Å². The predicted octanol–water partition coefficient (Wildman–Crippen LogP) is 4.44. The van der Waals surface area contributed by atoms with Gasteiger partial charge in [-0.1, -0.05) is 6.92 Å². The van der Waals surface area contributed by atoms with Gasteiger partial charge in [0, 0.05) is 36.8 Å². The van der Waals surface area contributed by atoms with Gasteiger partial charge < -0.3 is 30.3 Å². The topological polar surface area (TPSA) is 111 Å². The van der Waals surface area contributed by atoms with Gasteiger partial charge in [0.2, 0.25) is 5.91 Å². The van der Waals surface area contributed by atoms with Crippen LogP contribution in [0.15, 0.2) is 42.5 Å². The summed E-state index contributed by atoms with van der Waals surface area (Å²) >= 11 is 0. The molecule has 0 radical (unpaired) electrons. The lowest BCUT2D eigenvalue weighted by Gasteiger charge is -2.38. The minimum absolute atomic E-state index is 0.0191. The number of ether oxygens (including phenoxy) is 1. The molecule has 40 heavy (non-hydrogen) atoms. The Morgan fingerprint density at radius 2 is 1.77 bits per heavy atom. The molecule has 0 spiro atoms. The van der Waals surface area contributed by atoms with Crippen LogP contribution in [0.3, 0.4) is 0 Å². The van der Waals surface area contributed by atoms with E-state index in [1.807, 2.05) is 6.92 Å². The van der Waals surface area contributed by atoms with Crippen LogP contribution in [0.1, 0.15) is 42.6 Å². The van der Waals surface area contributed by atoms with Crippen LogP contribution >= 0.6 is 0 Å². The van der Waals surface area contributed by atoms with Gasteiger partial charge in [0.05, 0.1) is 30.3 Å². The van der Waals surface area contributed by atoms with E-state index < -0.39 is 29.9 Å². The average Bonchev–Trinajstić information content (AvgIpc) is 3.76. The number of carbonyl (C=O) groups is 3. The summed E-state index contributed by atoms with van der Waals surface area (Å²) in [5, 5.41) is 15.2. The molecule has 1 fully saturated rings. The number of aliphatic hydroxyl groups is 1. The summed E-state index contributed by atoms with van der Waals surface area (Å²) in [6.45, 7) is 3.67. The SMILES string of the molecule is C[C@H](CO)N1C[C@H](C)[C@H](CN(C)C(=O)Nc2ccc(C(F)(F)F)cc2)Oc2ccc(NC(=O)C3CC3)cc2C1=O. The van der Waals surface area contributed by atoms with Crippen LogP contribution in [-0.2, 0) is 11.0 Å². The second kappa shape index (κ2) is 11.7. The second-order valence-corrected chi connectivity index (χ2v) is 10.5. The van der Waals surface area contributed by atoms with Gasteiger partial charge in [0.1, 0.15) is 11.9 Å². The molecule has 2 aliphatic rings. The fraction of sp³-hybridized carbons (Fsp3) is 0.464. The fourth-order valence-corrected chi connectivity index (χ4v) is 4.42. The Balaban J connectivity index is 1.52. The number of anilines is 2. The molecule has 1 aliphatic carbocycles. The molecule has 0 bridgehead atoms. The summed E-state index contributed by atoms with van der Waals surface area (Å²) in [5.74, 6) is -0.460. The number of carbonyl (C=O) groups excluding carboxylic acids is 3. The molecule has 2 aromatic rings. The van der Waals surface area contributed by atoms with Crippen molar-refractivity contribution < 1.29 is 37.4 Å². The van der Waals surface area contributed by atoms with Crippen LogP contribution in [0.5, 0.6) is 5.75 Å². The van der Waals surface area contributed by atoms with Crippen LogP contribution < -0.4 is 15.4 Å². The van der Waals surface area contributed by atoms with Crippen LogP contribution in [0.25, 0.3) is 0 Å². The predicted molar refractivity (Wildman–Crippen MR) is 142 cm³/mol. The van der Waals surface area contributed by atoms with Crippen LogP contribution in [0.2, 0.25) is 0 Å². The summed E-state index contributed by atoms with van der Waals surface area (Å²) in [6.07, 6.45) is -3.39. The fourth-order valence-electron chi connectivity index (χ4n) is 4.42. The number of benzene rings is 2. The number of urea groups is 1. The van der Waals surface area contributed by atoms with Crippen molar-refractivity contribution in [1.29, 1.82) is 0 Å². The van der Waals surface area contributed by atoms with E-state index in [1.54, 1.807) is 30.0 Å². The molecule has 3 N–H and O–H groups in total.